The van der Waals surface area contributed by atoms with Crippen molar-refractivity contribution in [3.05, 3.63) is 42.5 Å². The van der Waals surface area contributed by atoms with Gasteiger partial charge in [-0.1, -0.05) is 52.0 Å². The van der Waals surface area contributed by atoms with E-state index in [1.54, 1.807) is 0 Å². The quantitative estimate of drug-likeness (QED) is 0.796. The second kappa shape index (κ2) is 4.52. The summed E-state index contributed by atoms with van der Waals surface area (Å²) >= 11 is 0. The molecule has 1 aliphatic rings. The average molecular weight is 257 g/mol. The normalized spacial score (nSPS) is 27.2. The van der Waals surface area contributed by atoms with Gasteiger partial charge in [0, 0.05) is 11.6 Å². The van der Waals surface area contributed by atoms with Crippen molar-refractivity contribution in [3.8, 4) is 0 Å². The highest BCUT2D eigenvalue weighted by Crippen LogP contribution is 2.50. The van der Waals surface area contributed by atoms with Crippen LogP contribution in [0, 0.1) is 16.7 Å². The number of para-hydroxylation sites is 1. The van der Waals surface area contributed by atoms with Crippen molar-refractivity contribution in [2.75, 3.05) is 5.32 Å². The van der Waals surface area contributed by atoms with E-state index in [2.05, 4.69) is 38.7 Å². The number of nitrogens with one attached hydrogen (secondary N) is 1. The zero-order chi connectivity index (χ0) is 14.3. The van der Waals surface area contributed by atoms with Gasteiger partial charge in [-0.05, 0) is 28.9 Å². The summed E-state index contributed by atoms with van der Waals surface area (Å²) in [4.78, 5) is 12.4. The maximum absolute atomic E-state index is 12.4. The molecule has 0 spiro atoms. The molecule has 1 aromatic rings. The molecule has 2 heteroatoms. The minimum absolute atomic E-state index is 0.0621. The maximum atomic E-state index is 12.4. The van der Waals surface area contributed by atoms with Gasteiger partial charge >= 0.3 is 0 Å². The van der Waals surface area contributed by atoms with Crippen molar-refractivity contribution >= 4 is 11.6 Å². The molecule has 1 aromatic carbocycles. The highest BCUT2D eigenvalue weighted by molar-refractivity contribution is 5.94. The largest absolute Gasteiger partial charge is 0.326 e. The lowest BCUT2D eigenvalue weighted by molar-refractivity contribution is -0.125. The molecule has 0 saturated carbocycles. The molecular formula is C17H23NO. The van der Waals surface area contributed by atoms with Crippen LogP contribution in [-0.2, 0) is 11.2 Å². The molecule has 1 N–H and O–H groups in total. The molecule has 0 aliphatic carbocycles. The summed E-state index contributed by atoms with van der Waals surface area (Å²) in [5.41, 5.74) is 1.90. The van der Waals surface area contributed by atoms with Crippen molar-refractivity contribution < 1.29 is 4.79 Å². The first-order chi connectivity index (χ1) is 8.82. The standard InChI is InChI=1S/C17H23NO/c1-6-16(3,4)17(5)11-13-9-7-8-10-14(13)18-15(19)12(17)2/h6-10,12H,1,11H2,2-5H3,(H,18,19). The number of amides is 1. The Morgan fingerprint density at radius 2 is 2.05 bits per heavy atom. The lowest BCUT2D eigenvalue weighted by atomic mass is 9.58. The van der Waals surface area contributed by atoms with Gasteiger partial charge in [0.2, 0.25) is 5.91 Å². The summed E-state index contributed by atoms with van der Waals surface area (Å²) in [6, 6.07) is 8.07. The summed E-state index contributed by atoms with van der Waals surface area (Å²) in [5, 5.41) is 3.05. The van der Waals surface area contributed by atoms with Crippen molar-refractivity contribution in [3.63, 3.8) is 0 Å². The molecule has 1 amide bonds. The minimum atomic E-state index is -0.147. The van der Waals surface area contributed by atoms with Crippen molar-refractivity contribution in [2.24, 2.45) is 16.7 Å². The van der Waals surface area contributed by atoms with Crippen LogP contribution in [0.2, 0.25) is 0 Å². The molecule has 2 atom stereocenters. The second-order valence-corrected chi connectivity index (χ2v) is 6.39. The van der Waals surface area contributed by atoms with E-state index >= 15 is 0 Å². The van der Waals surface area contributed by atoms with E-state index in [4.69, 9.17) is 0 Å². The van der Waals surface area contributed by atoms with E-state index in [0.29, 0.717) is 0 Å². The lowest BCUT2D eigenvalue weighted by Gasteiger charge is -2.45. The van der Waals surface area contributed by atoms with Gasteiger partial charge in [0.1, 0.15) is 0 Å². The predicted molar refractivity (Wildman–Crippen MR) is 80.0 cm³/mol. The van der Waals surface area contributed by atoms with Crippen LogP contribution in [0.1, 0.15) is 33.3 Å². The summed E-state index contributed by atoms with van der Waals surface area (Å²) in [6.45, 7) is 12.5. The first-order valence-corrected chi connectivity index (χ1v) is 6.84. The lowest BCUT2D eigenvalue weighted by Crippen LogP contribution is -2.44. The Bertz CT molecular complexity index is 518. The van der Waals surface area contributed by atoms with Gasteiger partial charge in [0.15, 0.2) is 0 Å². The molecule has 2 nitrogen and oxygen atoms in total. The van der Waals surface area contributed by atoms with Gasteiger partial charge in [-0.15, -0.1) is 6.58 Å². The van der Waals surface area contributed by atoms with Crippen LogP contribution in [0.5, 0.6) is 0 Å². The molecule has 0 radical (unpaired) electrons. The highest BCUT2D eigenvalue weighted by Gasteiger charge is 2.47. The fraction of sp³-hybridized carbons (Fsp3) is 0.471. The second-order valence-electron chi connectivity index (χ2n) is 6.39. The molecular weight excluding hydrogens is 234 g/mol. The van der Waals surface area contributed by atoms with Crippen molar-refractivity contribution in [1.82, 2.24) is 0 Å². The number of hydrogen-bond acceptors (Lipinski definition) is 1. The van der Waals surface area contributed by atoms with Gasteiger partial charge in [-0.2, -0.15) is 0 Å². The van der Waals surface area contributed by atoms with Crippen LogP contribution in [0.4, 0.5) is 5.69 Å². The number of fused-ring (bicyclic) bond motifs is 1. The Kier molecular flexibility index (Phi) is 3.29. The number of carbonyl (C=O) groups excluding carboxylic acids is 1. The summed E-state index contributed by atoms with van der Waals surface area (Å²) < 4.78 is 0. The summed E-state index contributed by atoms with van der Waals surface area (Å²) in [7, 11) is 0. The van der Waals surface area contributed by atoms with E-state index < -0.39 is 0 Å². The average Bonchev–Trinajstić information content (AvgIpc) is 2.48. The molecule has 0 bridgehead atoms. The number of rotatable bonds is 2. The Hall–Kier alpha value is -1.57. The van der Waals surface area contributed by atoms with Gasteiger partial charge < -0.3 is 5.32 Å². The molecule has 0 fully saturated rings. The zero-order valence-electron chi connectivity index (χ0n) is 12.3. The zero-order valence-corrected chi connectivity index (χ0v) is 12.3. The van der Waals surface area contributed by atoms with Gasteiger partial charge in [-0.25, -0.2) is 0 Å². The molecule has 0 saturated heterocycles. The fourth-order valence-corrected chi connectivity index (χ4v) is 2.89. The predicted octanol–water partition coefficient (Wildman–Crippen LogP) is 4.04. The third-order valence-electron chi connectivity index (χ3n) is 5.16. The molecule has 2 rings (SSSR count). The number of carbonyl (C=O) groups is 1. The Morgan fingerprint density at radius 3 is 2.68 bits per heavy atom. The molecule has 1 aliphatic heterocycles. The van der Waals surface area contributed by atoms with E-state index in [-0.39, 0.29) is 22.7 Å². The Balaban J connectivity index is 2.56. The molecule has 1 heterocycles. The molecule has 0 aromatic heterocycles. The van der Waals surface area contributed by atoms with E-state index in [9.17, 15) is 4.79 Å². The van der Waals surface area contributed by atoms with Crippen molar-refractivity contribution in [2.45, 2.75) is 34.1 Å². The third-order valence-corrected chi connectivity index (χ3v) is 5.16. The van der Waals surface area contributed by atoms with E-state index in [1.807, 2.05) is 31.2 Å². The summed E-state index contributed by atoms with van der Waals surface area (Å²) in [6.07, 6.45) is 2.85. The number of benzene rings is 1. The third kappa shape index (κ3) is 2.09. The smallest absolute Gasteiger partial charge is 0.227 e. The maximum Gasteiger partial charge on any atom is 0.227 e. The van der Waals surface area contributed by atoms with Crippen LogP contribution in [-0.4, -0.2) is 5.91 Å². The minimum Gasteiger partial charge on any atom is -0.326 e. The SMILES string of the molecule is C=CC(C)(C)C1(C)Cc2ccccc2NC(=O)C1C. The van der Waals surface area contributed by atoms with Crippen LogP contribution in [0.15, 0.2) is 36.9 Å². The van der Waals surface area contributed by atoms with Crippen molar-refractivity contribution in [1.29, 1.82) is 0 Å². The Labute approximate surface area is 115 Å². The van der Waals surface area contributed by atoms with Gasteiger partial charge in [0.05, 0.1) is 0 Å². The van der Waals surface area contributed by atoms with E-state index in [1.165, 1.54) is 5.56 Å². The number of anilines is 1. The highest BCUT2D eigenvalue weighted by atomic mass is 16.1. The topological polar surface area (TPSA) is 29.1 Å². The molecule has 2 unspecified atom stereocenters. The number of hydrogen-bond donors (Lipinski definition) is 1. The van der Waals surface area contributed by atoms with E-state index in [0.717, 1.165) is 12.1 Å². The molecule has 102 valence electrons. The van der Waals surface area contributed by atoms with Crippen LogP contribution >= 0.6 is 0 Å². The van der Waals surface area contributed by atoms with Crippen LogP contribution in [0.25, 0.3) is 0 Å². The first-order valence-electron chi connectivity index (χ1n) is 6.84. The summed E-state index contributed by atoms with van der Waals surface area (Å²) in [5.74, 6) is 0.0373. The Morgan fingerprint density at radius 1 is 1.42 bits per heavy atom. The molecule has 19 heavy (non-hydrogen) atoms. The monoisotopic (exact) mass is 257 g/mol. The first kappa shape index (κ1) is 13.9. The van der Waals surface area contributed by atoms with Crippen LogP contribution in [0.3, 0.4) is 0 Å². The fourth-order valence-electron chi connectivity index (χ4n) is 2.89. The van der Waals surface area contributed by atoms with Gasteiger partial charge in [-0.3, -0.25) is 4.79 Å². The van der Waals surface area contributed by atoms with Gasteiger partial charge in [0.25, 0.3) is 0 Å². The van der Waals surface area contributed by atoms with Crippen LogP contribution < -0.4 is 5.32 Å². The number of allylic oxidation sites excluding steroid dienone is 1.